The average Bonchev–Trinajstić information content (AvgIpc) is 2.32. The summed E-state index contributed by atoms with van der Waals surface area (Å²) in [7, 11) is 0. The Bertz CT molecular complexity index is 559. The molecule has 2 nitrogen and oxygen atoms in total. The standard InChI is InChI=1S/C14H13BrFNO/c1-9-4-11(2-3-13(9)16)14(18)6-10-5-12(15)8-17-7-10/h2-5,7-8,14,18H,6H2,1H3. The molecule has 0 aliphatic heterocycles. The zero-order valence-corrected chi connectivity index (χ0v) is 11.5. The van der Waals surface area contributed by atoms with Crippen molar-refractivity contribution in [2.75, 3.05) is 0 Å². The van der Waals surface area contributed by atoms with Crippen molar-refractivity contribution in [2.45, 2.75) is 19.4 Å². The summed E-state index contributed by atoms with van der Waals surface area (Å²) in [5, 5.41) is 10.1. The van der Waals surface area contributed by atoms with Crippen molar-refractivity contribution in [3.63, 3.8) is 0 Å². The molecule has 0 aliphatic rings. The van der Waals surface area contributed by atoms with Gasteiger partial charge in [0.05, 0.1) is 6.10 Å². The number of aliphatic hydroxyl groups excluding tert-OH is 1. The second kappa shape index (κ2) is 5.59. The highest BCUT2D eigenvalue weighted by Crippen LogP contribution is 2.21. The molecule has 0 saturated carbocycles. The summed E-state index contributed by atoms with van der Waals surface area (Å²) < 4.78 is 14.0. The number of aliphatic hydroxyl groups is 1. The predicted molar refractivity (Wildman–Crippen MR) is 71.7 cm³/mol. The molecule has 0 amide bonds. The van der Waals surface area contributed by atoms with Gasteiger partial charge in [-0.05, 0) is 51.7 Å². The van der Waals surface area contributed by atoms with Crippen molar-refractivity contribution >= 4 is 15.9 Å². The molecule has 1 aromatic heterocycles. The molecular weight excluding hydrogens is 297 g/mol. The molecule has 1 aromatic carbocycles. The number of halogens is 2. The Kier molecular flexibility index (Phi) is 4.09. The molecule has 1 N–H and O–H groups in total. The molecule has 1 heterocycles. The molecule has 18 heavy (non-hydrogen) atoms. The van der Waals surface area contributed by atoms with Crippen LogP contribution >= 0.6 is 15.9 Å². The van der Waals surface area contributed by atoms with Crippen molar-refractivity contribution in [3.8, 4) is 0 Å². The van der Waals surface area contributed by atoms with Crippen LogP contribution in [0.4, 0.5) is 4.39 Å². The molecule has 4 heteroatoms. The number of hydrogen-bond donors (Lipinski definition) is 1. The van der Waals surface area contributed by atoms with Gasteiger partial charge in [0, 0.05) is 23.3 Å². The summed E-state index contributed by atoms with van der Waals surface area (Å²) in [4.78, 5) is 4.04. The van der Waals surface area contributed by atoms with Gasteiger partial charge in [0.1, 0.15) is 5.82 Å². The highest BCUT2D eigenvalue weighted by atomic mass is 79.9. The van der Waals surface area contributed by atoms with E-state index in [0.717, 1.165) is 10.0 Å². The van der Waals surface area contributed by atoms with Crippen LogP contribution in [-0.2, 0) is 6.42 Å². The van der Waals surface area contributed by atoms with E-state index in [-0.39, 0.29) is 5.82 Å². The number of aryl methyl sites for hydroxylation is 1. The smallest absolute Gasteiger partial charge is 0.126 e. The van der Waals surface area contributed by atoms with Gasteiger partial charge in [0.25, 0.3) is 0 Å². The lowest BCUT2D eigenvalue weighted by molar-refractivity contribution is 0.178. The number of pyridine rings is 1. The zero-order chi connectivity index (χ0) is 13.1. The van der Waals surface area contributed by atoms with E-state index in [4.69, 9.17) is 0 Å². The molecule has 2 rings (SSSR count). The second-order valence-corrected chi connectivity index (χ2v) is 5.16. The highest BCUT2D eigenvalue weighted by molar-refractivity contribution is 9.10. The van der Waals surface area contributed by atoms with Crippen molar-refractivity contribution in [1.82, 2.24) is 4.98 Å². The van der Waals surface area contributed by atoms with E-state index in [0.29, 0.717) is 17.5 Å². The predicted octanol–water partition coefficient (Wildman–Crippen LogP) is 3.57. The van der Waals surface area contributed by atoms with Crippen LogP contribution in [0.5, 0.6) is 0 Å². The summed E-state index contributed by atoms with van der Waals surface area (Å²) in [6.07, 6.45) is 3.21. The first-order chi connectivity index (χ1) is 8.56. The maximum atomic E-state index is 13.1. The molecule has 0 aliphatic carbocycles. The van der Waals surface area contributed by atoms with Gasteiger partial charge in [-0.2, -0.15) is 0 Å². The summed E-state index contributed by atoms with van der Waals surface area (Å²) in [6, 6.07) is 6.57. The normalized spacial score (nSPS) is 12.4. The van der Waals surface area contributed by atoms with Gasteiger partial charge in [-0.3, -0.25) is 4.98 Å². The Morgan fingerprint density at radius 1 is 1.33 bits per heavy atom. The van der Waals surface area contributed by atoms with E-state index in [2.05, 4.69) is 20.9 Å². The summed E-state index contributed by atoms with van der Waals surface area (Å²) >= 11 is 3.34. The summed E-state index contributed by atoms with van der Waals surface area (Å²) in [6.45, 7) is 1.69. The van der Waals surface area contributed by atoms with E-state index in [1.54, 1.807) is 31.5 Å². The maximum Gasteiger partial charge on any atom is 0.126 e. The Morgan fingerprint density at radius 3 is 2.78 bits per heavy atom. The van der Waals surface area contributed by atoms with Crippen LogP contribution in [0.1, 0.15) is 22.8 Å². The van der Waals surface area contributed by atoms with Gasteiger partial charge >= 0.3 is 0 Å². The number of aromatic nitrogens is 1. The first-order valence-electron chi connectivity index (χ1n) is 5.60. The number of rotatable bonds is 3. The third-order valence-electron chi connectivity index (χ3n) is 2.76. The van der Waals surface area contributed by atoms with Gasteiger partial charge < -0.3 is 5.11 Å². The Hall–Kier alpha value is -1.26. The molecule has 0 radical (unpaired) electrons. The van der Waals surface area contributed by atoms with Crippen LogP contribution < -0.4 is 0 Å². The first kappa shape index (κ1) is 13.2. The molecule has 1 unspecified atom stereocenters. The minimum absolute atomic E-state index is 0.255. The lowest BCUT2D eigenvalue weighted by Gasteiger charge is -2.12. The minimum atomic E-state index is -0.652. The second-order valence-electron chi connectivity index (χ2n) is 4.24. The SMILES string of the molecule is Cc1cc(C(O)Cc2cncc(Br)c2)ccc1F. The quantitative estimate of drug-likeness (QED) is 0.940. The number of hydrogen-bond acceptors (Lipinski definition) is 2. The fraction of sp³-hybridized carbons (Fsp3) is 0.214. The molecule has 0 spiro atoms. The topological polar surface area (TPSA) is 33.1 Å². The maximum absolute atomic E-state index is 13.1. The van der Waals surface area contributed by atoms with Crippen LogP contribution in [0.25, 0.3) is 0 Å². The first-order valence-corrected chi connectivity index (χ1v) is 6.39. The van der Waals surface area contributed by atoms with Gasteiger partial charge in [-0.1, -0.05) is 12.1 Å². The molecule has 0 bridgehead atoms. The Labute approximate surface area is 114 Å². The Morgan fingerprint density at radius 2 is 2.11 bits per heavy atom. The van der Waals surface area contributed by atoms with Crippen molar-refractivity contribution < 1.29 is 9.50 Å². The molecule has 1 atom stereocenters. The van der Waals surface area contributed by atoms with E-state index in [9.17, 15) is 9.50 Å². The molecule has 94 valence electrons. The monoisotopic (exact) mass is 309 g/mol. The molecule has 0 fully saturated rings. The van der Waals surface area contributed by atoms with Crippen LogP contribution in [0, 0.1) is 12.7 Å². The van der Waals surface area contributed by atoms with Crippen LogP contribution in [0.2, 0.25) is 0 Å². The summed E-state index contributed by atoms with van der Waals surface area (Å²) in [5.74, 6) is -0.255. The Balaban J connectivity index is 2.16. The third-order valence-corrected chi connectivity index (χ3v) is 3.19. The molecule has 2 aromatic rings. The van der Waals surface area contributed by atoms with Crippen LogP contribution in [0.3, 0.4) is 0 Å². The van der Waals surface area contributed by atoms with Gasteiger partial charge in [0.2, 0.25) is 0 Å². The summed E-state index contributed by atoms with van der Waals surface area (Å²) in [5.41, 5.74) is 2.19. The number of benzene rings is 1. The van der Waals surface area contributed by atoms with E-state index in [1.807, 2.05) is 6.07 Å². The largest absolute Gasteiger partial charge is 0.388 e. The van der Waals surface area contributed by atoms with E-state index < -0.39 is 6.10 Å². The number of nitrogens with zero attached hydrogens (tertiary/aromatic N) is 1. The van der Waals surface area contributed by atoms with Gasteiger partial charge in [-0.15, -0.1) is 0 Å². The third kappa shape index (κ3) is 3.15. The molecular formula is C14H13BrFNO. The zero-order valence-electron chi connectivity index (χ0n) is 9.90. The van der Waals surface area contributed by atoms with E-state index >= 15 is 0 Å². The van der Waals surface area contributed by atoms with E-state index in [1.165, 1.54) is 6.07 Å². The lowest BCUT2D eigenvalue weighted by atomic mass is 10.0. The fourth-order valence-corrected chi connectivity index (χ4v) is 2.20. The lowest BCUT2D eigenvalue weighted by Crippen LogP contribution is -2.03. The fourth-order valence-electron chi connectivity index (χ4n) is 1.78. The van der Waals surface area contributed by atoms with Crippen molar-refractivity contribution in [1.29, 1.82) is 0 Å². The van der Waals surface area contributed by atoms with Gasteiger partial charge in [-0.25, -0.2) is 4.39 Å². The van der Waals surface area contributed by atoms with Crippen molar-refractivity contribution in [2.24, 2.45) is 0 Å². The van der Waals surface area contributed by atoms with Crippen molar-refractivity contribution in [3.05, 3.63) is 63.6 Å². The highest BCUT2D eigenvalue weighted by Gasteiger charge is 2.10. The minimum Gasteiger partial charge on any atom is -0.388 e. The van der Waals surface area contributed by atoms with Crippen LogP contribution in [0.15, 0.2) is 41.1 Å². The average molecular weight is 310 g/mol. The molecule has 0 saturated heterocycles. The van der Waals surface area contributed by atoms with Gasteiger partial charge in [0.15, 0.2) is 0 Å². The van der Waals surface area contributed by atoms with Crippen LogP contribution in [-0.4, -0.2) is 10.1 Å².